The van der Waals surface area contributed by atoms with Crippen molar-refractivity contribution in [2.75, 3.05) is 37.3 Å². The van der Waals surface area contributed by atoms with Crippen LogP contribution in [-0.4, -0.2) is 31.6 Å². The second kappa shape index (κ2) is 5.74. The number of hydrogen-bond donors (Lipinski definition) is 1. The maximum absolute atomic E-state index is 13.3. The summed E-state index contributed by atoms with van der Waals surface area (Å²) in [6, 6.07) is 15.3. The van der Waals surface area contributed by atoms with Crippen molar-refractivity contribution in [2.24, 2.45) is 0 Å². The summed E-state index contributed by atoms with van der Waals surface area (Å²) < 4.78 is 13.3. The largest absolute Gasteiger partial charge is 0.397 e. The summed E-state index contributed by atoms with van der Waals surface area (Å²) in [5, 5.41) is 0. The molecule has 1 heterocycles. The van der Waals surface area contributed by atoms with Gasteiger partial charge in [0.1, 0.15) is 5.82 Å². The minimum atomic E-state index is -0.290. The Bertz CT molecular complexity index is 615. The smallest absolute Gasteiger partial charge is 0.125 e. The standard InChI is InChI=1S/C17H20FN3/c1-20-9-10-21(16-8-7-14(18)11-15(16)19)17(12-20)13-5-3-2-4-6-13/h2-8,11,17H,9-10,12,19H2,1H3. The first-order valence-electron chi connectivity index (χ1n) is 7.20. The molecule has 1 aliphatic heterocycles. The molecule has 1 atom stereocenters. The second-order valence-corrected chi connectivity index (χ2v) is 5.59. The minimum absolute atomic E-state index is 0.234. The van der Waals surface area contributed by atoms with Crippen LogP contribution in [0, 0.1) is 5.82 Å². The van der Waals surface area contributed by atoms with Crippen LogP contribution in [0.2, 0.25) is 0 Å². The third-order valence-corrected chi connectivity index (χ3v) is 4.07. The number of anilines is 2. The molecule has 1 saturated heterocycles. The van der Waals surface area contributed by atoms with Crippen molar-refractivity contribution in [3.63, 3.8) is 0 Å². The maximum atomic E-state index is 13.3. The van der Waals surface area contributed by atoms with Crippen LogP contribution >= 0.6 is 0 Å². The normalized spacial score (nSPS) is 19.7. The van der Waals surface area contributed by atoms with Crippen molar-refractivity contribution in [1.82, 2.24) is 4.90 Å². The van der Waals surface area contributed by atoms with Crippen LogP contribution in [0.3, 0.4) is 0 Å². The molecule has 0 radical (unpaired) electrons. The summed E-state index contributed by atoms with van der Waals surface area (Å²) in [6.45, 7) is 2.78. The number of piperazine rings is 1. The lowest BCUT2D eigenvalue weighted by Gasteiger charge is -2.42. The lowest BCUT2D eigenvalue weighted by atomic mass is 10.0. The number of nitrogens with two attached hydrogens (primary N) is 1. The highest BCUT2D eigenvalue weighted by Gasteiger charge is 2.27. The summed E-state index contributed by atoms with van der Waals surface area (Å²) in [5.74, 6) is -0.290. The number of nitrogen functional groups attached to an aromatic ring is 1. The summed E-state index contributed by atoms with van der Waals surface area (Å²) in [6.07, 6.45) is 0. The van der Waals surface area contributed by atoms with Crippen LogP contribution in [-0.2, 0) is 0 Å². The topological polar surface area (TPSA) is 32.5 Å². The Labute approximate surface area is 124 Å². The zero-order valence-electron chi connectivity index (χ0n) is 12.2. The fourth-order valence-corrected chi connectivity index (χ4v) is 2.96. The first-order valence-corrected chi connectivity index (χ1v) is 7.20. The molecule has 3 rings (SSSR count). The van der Waals surface area contributed by atoms with Gasteiger partial charge >= 0.3 is 0 Å². The van der Waals surface area contributed by atoms with E-state index in [2.05, 4.69) is 41.1 Å². The van der Waals surface area contributed by atoms with E-state index in [9.17, 15) is 4.39 Å². The van der Waals surface area contributed by atoms with E-state index in [1.54, 1.807) is 6.07 Å². The van der Waals surface area contributed by atoms with Gasteiger partial charge in [0.05, 0.1) is 17.4 Å². The van der Waals surface area contributed by atoms with E-state index in [0.717, 1.165) is 25.3 Å². The predicted octanol–water partition coefficient (Wildman–Crippen LogP) is 2.90. The molecule has 2 N–H and O–H groups in total. The van der Waals surface area contributed by atoms with Crippen LogP contribution in [0.1, 0.15) is 11.6 Å². The Hall–Kier alpha value is -2.07. The van der Waals surface area contributed by atoms with E-state index in [-0.39, 0.29) is 11.9 Å². The van der Waals surface area contributed by atoms with Crippen molar-refractivity contribution >= 4 is 11.4 Å². The quantitative estimate of drug-likeness (QED) is 0.861. The molecule has 0 bridgehead atoms. The molecule has 0 saturated carbocycles. The minimum Gasteiger partial charge on any atom is -0.397 e. The fourth-order valence-electron chi connectivity index (χ4n) is 2.96. The molecule has 0 spiro atoms. The second-order valence-electron chi connectivity index (χ2n) is 5.59. The van der Waals surface area contributed by atoms with Crippen LogP contribution in [0.5, 0.6) is 0 Å². The first kappa shape index (κ1) is 13.9. The summed E-state index contributed by atoms with van der Waals surface area (Å²) in [5.41, 5.74) is 8.70. The number of benzene rings is 2. The van der Waals surface area contributed by atoms with Crippen LogP contribution in [0.15, 0.2) is 48.5 Å². The van der Waals surface area contributed by atoms with Gasteiger partial charge in [-0.2, -0.15) is 0 Å². The average Bonchev–Trinajstić information content (AvgIpc) is 2.49. The first-order chi connectivity index (χ1) is 10.1. The fraction of sp³-hybridized carbons (Fsp3) is 0.294. The number of hydrogen-bond acceptors (Lipinski definition) is 3. The Balaban J connectivity index is 1.98. The van der Waals surface area contributed by atoms with Gasteiger partial charge in [0.25, 0.3) is 0 Å². The molecule has 0 aromatic heterocycles. The maximum Gasteiger partial charge on any atom is 0.125 e. The Morgan fingerprint density at radius 2 is 1.86 bits per heavy atom. The molecular weight excluding hydrogens is 265 g/mol. The summed E-state index contributed by atoms with van der Waals surface area (Å²) in [4.78, 5) is 4.60. The van der Waals surface area contributed by atoms with E-state index in [1.165, 1.54) is 17.7 Å². The lowest BCUT2D eigenvalue weighted by molar-refractivity contribution is 0.269. The Kier molecular flexibility index (Phi) is 3.80. The molecule has 4 heteroatoms. The van der Waals surface area contributed by atoms with Gasteiger partial charge in [0.15, 0.2) is 0 Å². The van der Waals surface area contributed by atoms with E-state index >= 15 is 0 Å². The number of rotatable bonds is 2. The van der Waals surface area contributed by atoms with Gasteiger partial charge in [-0.15, -0.1) is 0 Å². The van der Waals surface area contributed by atoms with Crippen molar-refractivity contribution in [3.05, 3.63) is 59.9 Å². The van der Waals surface area contributed by atoms with Gasteiger partial charge in [-0.05, 0) is 30.8 Å². The highest BCUT2D eigenvalue weighted by Crippen LogP contribution is 2.34. The van der Waals surface area contributed by atoms with Crippen LogP contribution in [0.25, 0.3) is 0 Å². The number of nitrogens with zero attached hydrogens (tertiary/aromatic N) is 2. The highest BCUT2D eigenvalue weighted by atomic mass is 19.1. The molecular formula is C17H20FN3. The van der Waals surface area contributed by atoms with E-state index in [1.807, 2.05) is 6.07 Å². The van der Waals surface area contributed by atoms with E-state index in [0.29, 0.717) is 5.69 Å². The average molecular weight is 285 g/mol. The molecule has 110 valence electrons. The zero-order chi connectivity index (χ0) is 14.8. The molecule has 1 fully saturated rings. The number of halogens is 1. The van der Waals surface area contributed by atoms with Gasteiger partial charge in [-0.25, -0.2) is 4.39 Å². The van der Waals surface area contributed by atoms with Gasteiger partial charge in [0.2, 0.25) is 0 Å². The van der Waals surface area contributed by atoms with Crippen molar-refractivity contribution < 1.29 is 4.39 Å². The van der Waals surface area contributed by atoms with Crippen molar-refractivity contribution in [1.29, 1.82) is 0 Å². The van der Waals surface area contributed by atoms with Crippen LogP contribution < -0.4 is 10.6 Å². The molecule has 2 aromatic rings. The van der Waals surface area contributed by atoms with E-state index < -0.39 is 0 Å². The predicted molar refractivity (Wildman–Crippen MR) is 84.8 cm³/mol. The molecule has 0 amide bonds. The molecule has 1 unspecified atom stereocenters. The summed E-state index contributed by atoms with van der Waals surface area (Å²) in [7, 11) is 2.13. The third-order valence-electron chi connectivity index (χ3n) is 4.07. The monoisotopic (exact) mass is 285 g/mol. The highest BCUT2D eigenvalue weighted by molar-refractivity contribution is 5.68. The Morgan fingerprint density at radius 1 is 1.10 bits per heavy atom. The Morgan fingerprint density at radius 3 is 2.57 bits per heavy atom. The zero-order valence-corrected chi connectivity index (χ0v) is 12.2. The van der Waals surface area contributed by atoms with Gasteiger partial charge in [0, 0.05) is 19.6 Å². The summed E-state index contributed by atoms with van der Waals surface area (Å²) >= 11 is 0. The molecule has 3 nitrogen and oxygen atoms in total. The van der Waals surface area contributed by atoms with Gasteiger partial charge in [-0.3, -0.25) is 0 Å². The third kappa shape index (κ3) is 2.85. The van der Waals surface area contributed by atoms with Crippen LogP contribution in [0.4, 0.5) is 15.8 Å². The molecule has 21 heavy (non-hydrogen) atoms. The number of likely N-dealkylation sites (N-methyl/N-ethyl adjacent to an activating group) is 1. The van der Waals surface area contributed by atoms with Gasteiger partial charge in [-0.1, -0.05) is 30.3 Å². The van der Waals surface area contributed by atoms with Gasteiger partial charge < -0.3 is 15.5 Å². The molecule has 1 aliphatic rings. The van der Waals surface area contributed by atoms with E-state index in [4.69, 9.17) is 5.73 Å². The van der Waals surface area contributed by atoms with Crippen molar-refractivity contribution in [3.8, 4) is 0 Å². The molecule has 0 aliphatic carbocycles. The lowest BCUT2D eigenvalue weighted by Crippen LogP contribution is -2.47. The molecule has 2 aromatic carbocycles. The van der Waals surface area contributed by atoms with Crippen molar-refractivity contribution in [2.45, 2.75) is 6.04 Å². The SMILES string of the molecule is CN1CCN(c2ccc(F)cc2N)C(c2ccccc2)C1.